The lowest BCUT2D eigenvalue weighted by Crippen LogP contribution is -2.58. The number of carbonyl (C=O) groups is 1. The first-order chi connectivity index (χ1) is 14.8. The van der Waals surface area contributed by atoms with Crippen LogP contribution < -0.4 is 10.1 Å². The van der Waals surface area contributed by atoms with Gasteiger partial charge in [-0.05, 0) is 59.6 Å². The molecule has 31 heavy (non-hydrogen) atoms. The van der Waals surface area contributed by atoms with Gasteiger partial charge in [-0.2, -0.15) is 0 Å². The van der Waals surface area contributed by atoms with Gasteiger partial charge in [-0.1, -0.05) is 26.0 Å². The van der Waals surface area contributed by atoms with Crippen molar-refractivity contribution in [2.24, 2.45) is 29.7 Å². The van der Waals surface area contributed by atoms with E-state index in [1.165, 1.54) is 18.4 Å². The zero-order valence-electron chi connectivity index (χ0n) is 18.9. The molecule has 3 aliphatic rings. The predicted octanol–water partition coefficient (Wildman–Crippen LogP) is 4.02. The van der Waals surface area contributed by atoms with Crippen molar-refractivity contribution in [3.05, 3.63) is 48.0 Å². The molecule has 1 aliphatic heterocycles. The molecule has 5 atom stereocenters. The fourth-order valence-corrected chi connectivity index (χ4v) is 6.76. The normalized spacial score (nSPS) is 33.2. The maximum atomic E-state index is 12.0. The summed E-state index contributed by atoms with van der Waals surface area (Å²) < 4.78 is 14.2. The first-order valence-electron chi connectivity index (χ1n) is 11.4. The Bertz CT molecular complexity index is 967. The number of aryl methyl sites for hydroxylation is 1. The number of rotatable bonds is 5. The molecule has 5 rings (SSSR count). The number of aromatic nitrogens is 2. The summed E-state index contributed by atoms with van der Waals surface area (Å²) >= 11 is 0. The topological polar surface area (TPSA) is 65.4 Å². The van der Waals surface area contributed by atoms with E-state index in [9.17, 15) is 4.79 Å². The van der Waals surface area contributed by atoms with Crippen molar-refractivity contribution in [3.63, 3.8) is 0 Å². The van der Waals surface area contributed by atoms with Gasteiger partial charge in [-0.15, -0.1) is 0 Å². The third kappa shape index (κ3) is 3.27. The van der Waals surface area contributed by atoms with Crippen LogP contribution >= 0.6 is 0 Å². The van der Waals surface area contributed by atoms with Crippen LogP contribution in [0.5, 0.6) is 5.75 Å². The Balaban J connectivity index is 1.34. The average Bonchev–Trinajstić information content (AvgIpc) is 3.39. The van der Waals surface area contributed by atoms with E-state index in [0.29, 0.717) is 18.4 Å². The molecule has 0 unspecified atom stereocenters. The Hall–Kier alpha value is -2.34. The van der Waals surface area contributed by atoms with Crippen LogP contribution in [0.3, 0.4) is 0 Å². The summed E-state index contributed by atoms with van der Waals surface area (Å²) in [4.78, 5) is 16.3. The van der Waals surface area contributed by atoms with E-state index < -0.39 is 0 Å². The highest BCUT2D eigenvalue weighted by Crippen LogP contribution is 2.70. The number of nitrogens with zero attached hydrogens (tertiary/aromatic N) is 2. The summed E-state index contributed by atoms with van der Waals surface area (Å²) in [5.74, 6) is 2.88. The van der Waals surface area contributed by atoms with Crippen LogP contribution in [0.2, 0.25) is 0 Å². The number of ether oxygens (including phenoxy) is 2. The van der Waals surface area contributed by atoms with E-state index in [1.54, 1.807) is 13.1 Å². The Morgan fingerprint density at radius 1 is 1.32 bits per heavy atom. The Morgan fingerprint density at radius 3 is 2.77 bits per heavy atom. The van der Waals surface area contributed by atoms with E-state index in [0.717, 1.165) is 24.6 Å². The number of fused-ring (bicyclic) bond motifs is 1. The maximum Gasteiger partial charge on any atom is 0.217 e. The minimum atomic E-state index is 0.0784. The number of amides is 1. The third-order valence-corrected chi connectivity index (χ3v) is 8.35. The minimum absolute atomic E-state index is 0.0784. The Labute approximate surface area is 184 Å². The number of benzene rings is 1. The molecule has 3 fully saturated rings. The van der Waals surface area contributed by atoms with Crippen LogP contribution in [0.15, 0.2) is 36.7 Å². The van der Waals surface area contributed by atoms with Gasteiger partial charge in [0.25, 0.3) is 0 Å². The number of hydrogen-bond acceptors (Lipinski definition) is 4. The smallest absolute Gasteiger partial charge is 0.217 e. The summed E-state index contributed by atoms with van der Waals surface area (Å²) in [6.45, 7) is 7.51. The first-order valence-corrected chi connectivity index (χ1v) is 11.4. The molecule has 1 spiro atoms. The van der Waals surface area contributed by atoms with Gasteiger partial charge in [0.15, 0.2) is 0 Å². The van der Waals surface area contributed by atoms with E-state index in [-0.39, 0.29) is 28.9 Å². The van der Waals surface area contributed by atoms with Crippen LogP contribution in [0.1, 0.15) is 57.5 Å². The molecule has 0 radical (unpaired) electrons. The second-order valence-electron chi connectivity index (χ2n) is 10.3. The van der Waals surface area contributed by atoms with Crippen molar-refractivity contribution in [1.82, 2.24) is 14.9 Å². The summed E-state index contributed by atoms with van der Waals surface area (Å²) in [6, 6.07) is 8.56. The molecule has 1 aromatic heterocycles. The average molecular weight is 424 g/mol. The lowest BCUT2D eigenvalue weighted by Gasteiger charge is -2.53. The van der Waals surface area contributed by atoms with E-state index >= 15 is 0 Å². The molecule has 1 aromatic carbocycles. The van der Waals surface area contributed by atoms with E-state index in [4.69, 9.17) is 9.47 Å². The van der Waals surface area contributed by atoms with Crippen LogP contribution in [0.4, 0.5) is 0 Å². The quantitative estimate of drug-likeness (QED) is 0.789. The van der Waals surface area contributed by atoms with Gasteiger partial charge in [-0.3, -0.25) is 4.79 Å². The zero-order valence-corrected chi connectivity index (χ0v) is 18.9. The van der Waals surface area contributed by atoms with Crippen molar-refractivity contribution < 1.29 is 14.3 Å². The molecule has 1 saturated heterocycles. The predicted molar refractivity (Wildman–Crippen MR) is 117 cm³/mol. The standard InChI is InChI=1S/C25H33N3O3/c1-16(29)27-23-24(2,3)18-13-20-22(30-12-9-25(20,23)14-18)17-5-7-19(8-6-17)31-15-21-26-10-11-28(21)4/h5-8,10-11,18,20,22-23H,9,12-15H2,1-4H3,(H,27,29)/t18-,20-,22-,23+,25-/m1/s1. The van der Waals surface area contributed by atoms with Gasteiger partial charge in [0, 0.05) is 39.0 Å². The molecular weight excluding hydrogens is 390 g/mol. The zero-order chi connectivity index (χ0) is 21.8. The summed E-state index contributed by atoms with van der Waals surface area (Å²) in [7, 11) is 1.97. The highest BCUT2D eigenvalue weighted by atomic mass is 16.5. The van der Waals surface area contributed by atoms with Crippen LogP contribution in [-0.2, 0) is 23.2 Å². The molecule has 6 heteroatoms. The largest absolute Gasteiger partial charge is 0.486 e. The highest BCUT2D eigenvalue weighted by molar-refractivity contribution is 5.73. The molecule has 1 N–H and O–H groups in total. The minimum Gasteiger partial charge on any atom is -0.486 e. The molecule has 1 amide bonds. The summed E-state index contributed by atoms with van der Waals surface area (Å²) in [5.41, 5.74) is 1.48. The Kier molecular flexibility index (Phi) is 4.88. The number of carbonyl (C=O) groups excluding carboxylic acids is 1. The van der Waals surface area contributed by atoms with Gasteiger partial charge in [0.1, 0.15) is 18.2 Å². The summed E-state index contributed by atoms with van der Waals surface area (Å²) in [5, 5.41) is 3.35. The van der Waals surface area contributed by atoms with Crippen LogP contribution in [0.25, 0.3) is 0 Å². The molecule has 2 bridgehead atoms. The van der Waals surface area contributed by atoms with Gasteiger partial charge in [0.05, 0.1) is 6.10 Å². The van der Waals surface area contributed by atoms with Crippen molar-refractivity contribution >= 4 is 5.91 Å². The second kappa shape index (κ2) is 7.37. The molecule has 2 aromatic rings. The SMILES string of the molecule is CC(=O)N[C@H]1C(C)(C)[C@@H]2C[C@@H]3[C@@H](c4ccc(OCc5nccn5C)cc4)OCC[C@@]31C2. The number of imidazole rings is 1. The molecule has 2 saturated carbocycles. The van der Waals surface area contributed by atoms with Gasteiger partial charge >= 0.3 is 0 Å². The van der Waals surface area contributed by atoms with E-state index in [2.05, 4.69) is 36.3 Å². The fraction of sp³-hybridized carbons (Fsp3) is 0.600. The van der Waals surface area contributed by atoms with Crippen molar-refractivity contribution in [2.75, 3.05) is 6.61 Å². The molecule has 6 nitrogen and oxygen atoms in total. The maximum absolute atomic E-state index is 12.0. The van der Waals surface area contributed by atoms with Crippen LogP contribution in [0, 0.1) is 22.7 Å². The summed E-state index contributed by atoms with van der Waals surface area (Å²) in [6.07, 6.45) is 7.18. The molecule has 2 aliphatic carbocycles. The monoisotopic (exact) mass is 423 g/mol. The highest BCUT2D eigenvalue weighted by Gasteiger charge is 2.68. The Morgan fingerprint density at radius 2 is 2.10 bits per heavy atom. The lowest BCUT2D eigenvalue weighted by molar-refractivity contribution is -0.136. The molecular formula is C25H33N3O3. The van der Waals surface area contributed by atoms with Crippen molar-refractivity contribution in [2.45, 2.75) is 58.8 Å². The van der Waals surface area contributed by atoms with E-state index in [1.807, 2.05) is 29.9 Å². The van der Waals surface area contributed by atoms with Crippen molar-refractivity contribution in [1.29, 1.82) is 0 Å². The molecule has 166 valence electrons. The fourth-order valence-electron chi connectivity index (χ4n) is 6.76. The second-order valence-corrected chi connectivity index (χ2v) is 10.3. The third-order valence-electron chi connectivity index (χ3n) is 8.35. The first kappa shape index (κ1) is 20.6. The molecule has 2 heterocycles. The van der Waals surface area contributed by atoms with Gasteiger partial charge in [0.2, 0.25) is 5.91 Å². The van der Waals surface area contributed by atoms with Crippen LogP contribution in [-0.4, -0.2) is 28.1 Å². The van der Waals surface area contributed by atoms with Gasteiger partial charge < -0.3 is 19.4 Å². The van der Waals surface area contributed by atoms with Gasteiger partial charge in [-0.25, -0.2) is 4.98 Å². The van der Waals surface area contributed by atoms with Crippen molar-refractivity contribution in [3.8, 4) is 5.75 Å². The lowest BCUT2D eigenvalue weighted by atomic mass is 9.59. The number of hydrogen-bond donors (Lipinski definition) is 1. The number of nitrogens with one attached hydrogen (secondary N) is 1.